The molecule has 1 aromatic rings. The Morgan fingerprint density at radius 3 is 2.39 bits per heavy atom. The summed E-state index contributed by atoms with van der Waals surface area (Å²) in [6.07, 6.45) is 1.81. The lowest BCUT2D eigenvalue weighted by atomic mass is 10.0. The van der Waals surface area contributed by atoms with Crippen molar-refractivity contribution in [1.29, 1.82) is 0 Å². The molecule has 0 aliphatic rings. The predicted molar refractivity (Wildman–Crippen MR) is 67.4 cm³/mol. The number of hydrogen-bond donors (Lipinski definition) is 1. The van der Waals surface area contributed by atoms with E-state index in [1.54, 1.807) is 18.2 Å². The van der Waals surface area contributed by atoms with Crippen LogP contribution in [0.3, 0.4) is 0 Å². The van der Waals surface area contributed by atoms with Gasteiger partial charge in [-0.05, 0) is 0 Å². The van der Waals surface area contributed by atoms with E-state index in [9.17, 15) is 14.4 Å². The molecule has 0 radical (unpaired) electrons. The van der Waals surface area contributed by atoms with Gasteiger partial charge in [0.15, 0.2) is 12.6 Å². The fraction of sp³-hybridized carbons (Fsp3) is 0.214. The van der Waals surface area contributed by atoms with Crippen molar-refractivity contribution >= 4 is 18.5 Å². The van der Waals surface area contributed by atoms with E-state index in [-0.39, 0.29) is 5.91 Å². The number of aldehydes is 2. The van der Waals surface area contributed by atoms with Crippen LogP contribution in [0.4, 0.5) is 0 Å². The van der Waals surface area contributed by atoms with Gasteiger partial charge in [0, 0.05) is 36.6 Å². The van der Waals surface area contributed by atoms with Gasteiger partial charge < -0.3 is 5.32 Å². The third-order valence-corrected chi connectivity index (χ3v) is 2.22. The minimum Gasteiger partial charge on any atom is -0.355 e. The summed E-state index contributed by atoms with van der Waals surface area (Å²) >= 11 is 0. The van der Waals surface area contributed by atoms with E-state index in [0.29, 0.717) is 42.2 Å². The second-order valence-electron chi connectivity index (χ2n) is 3.58. The highest BCUT2D eigenvalue weighted by atomic mass is 16.1. The Bertz CT molecular complexity index is 497. The zero-order chi connectivity index (χ0) is 13.4. The third-order valence-electron chi connectivity index (χ3n) is 2.22. The lowest BCUT2D eigenvalue weighted by Gasteiger charge is -1.99. The largest absolute Gasteiger partial charge is 0.355 e. The fourth-order valence-electron chi connectivity index (χ4n) is 1.38. The van der Waals surface area contributed by atoms with Gasteiger partial charge in [-0.25, -0.2) is 0 Å². The first-order valence-electron chi connectivity index (χ1n) is 5.45. The SMILES string of the molecule is CC(=O)NCCC#Cc1c(C=O)cccc1C=O. The molecule has 0 saturated carbocycles. The molecule has 1 aromatic carbocycles. The summed E-state index contributed by atoms with van der Waals surface area (Å²) in [5, 5.41) is 2.61. The molecule has 0 heterocycles. The Morgan fingerprint density at radius 1 is 1.28 bits per heavy atom. The molecule has 0 aliphatic heterocycles. The number of amides is 1. The number of carbonyl (C=O) groups is 3. The van der Waals surface area contributed by atoms with Gasteiger partial charge in [-0.2, -0.15) is 0 Å². The number of rotatable bonds is 4. The molecule has 4 nitrogen and oxygen atoms in total. The van der Waals surface area contributed by atoms with Gasteiger partial charge in [0.25, 0.3) is 0 Å². The highest BCUT2D eigenvalue weighted by Crippen LogP contribution is 2.10. The highest BCUT2D eigenvalue weighted by molar-refractivity contribution is 5.88. The fourth-order valence-corrected chi connectivity index (χ4v) is 1.38. The van der Waals surface area contributed by atoms with Crippen LogP contribution in [-0.4, -0.2) is 25.0 Å². The lowest BCUT2D eigenvalue weighted by Crippen LogP contribution is -2.20. The summed E-state index contributed by atoms with van der Waals surface area (Å²) in [5.74, 6) is 5.51. The first-order valence-corrected chi connectivity index (χ1v) is 5.45. The molecule has 0 aromatic heterocycles. The zero-order valence-electron chi connectivity index (χ0n) is 10.0. The highest BCUT2D eigenvalue weighted by Gasteiger charge is 2.03. The van der Waals surface area contributed by atoms with Crippen molar-refractivity contribution in [1.82, 2.24) is 5.32 Å². The molecule has 0 atom stereocenters. The second-order valence-corrected chi connectivity index (χ2v) is 3.58. The Labute approximate surface area is 105 Å². The minimum atomic E-state index is -0.112. The smallest absolute Gasteiger partial charge is 0.216 e. The summed E-state index contributed by atoms with van der Waals surface area (Å²) in [6, 6.07) is 4.85. The molecule has 0 saturated heterocycles. The normalized spacial score (nSPS) is 8.94. The summed E-state index contributed by atoms with van der Waals surface area (Å²) in [4.78, 5) is 32.3. The zero-order valence-corrected chi connectivity index (χ0v) is 10.0. The average Bonchev–Trinajstić information content (AvgIpc) is 2.37. The lowest BCUT2D eigenvalue weighted by molar-refractivity contribution is -0.118. The maximum Gasteiger partial charge on any atom is 0.216 e. The van der Waals surface area contributed by atoms with Crippen molar-refractivity contribution < 1.29 is 14.4 Å². The second kappa shape index (κ2) is 7.02. The average molecular weight is 243 g/mol. The molecule has 0 fully saturated rings. The molecule has 1 N–H and O–H groups in total. The molecule has 1 amide bonds. The van der Waals surface area contributed by atoms with Gasteiger partial charge in [0.05, 0.1) is 0 Å². The van der Waals surface area contributed by atoms with Crippen molar-refractivity contribution in [3.05, 3.63) is 34.9 Å². The molecule has 0 bridgehead atoms. The topological polar surface area (TPSA) is 63.2 Å². The quantitative estimate of drug-likeness (QED) is 0.491. The van der Waals surface area contributed by atoms with Gasteiger partial charge in [-0.3, -0.25) is 14.4 Å². The van der Waals surface area contributed by atoms with Crippen LogP contribution in [0.5, 0.6) is 0 Å². The molecule has 1 rings (SSSR count). The van der Waals surface area contributed by atoms with Gasteiger partial charge in [0.1, 0.15) is 0 Å². The molecule has 18 heavy (non-hydrogen) atoms. The van der Waals surface area contributed by atoms with Crippen molar-refractivity contribution in [3.63, 3.8) is 0 Å². The number of benzene rings is 1. The van der Waals surface area contributed by atoms with E-state index < -0.39 is 0 Å². The number of carbonyl (C=O) groups excluding carboxylic acids is 3. The Kier molecular flexibility index (Phi) is 5.33. The van der Waals surface area contributed by atoms with Gasteiger partial charge >= 0.3 is 0 Å². The standard InChI is InChI=1S/C14H13NO3/c1-11(18)15-8-3-2-7-14-12(9-16)5-4-6-13(14)10-17/h4-6,9-10H,3,8H2,1H3,(H,15,18). The van der Waals surface area contributed by atoms with Crippen molar-refractivity contribution in [3.8, 4) is 11.8 Å². The van der Waals surface area contributed by atoms with Crippen LogP contribution >= 0.6 is 0 Å². The van der Waals surface area contributed by atoms with Crippen molar-refractivity contribution in [2.45, 2.75) is 13.3 Å². The van der Waals surface area contributed by atoms with E-state index in [2.05, 4.69) is 17.2 Å². The molecule has 0 unspecified atom stereocenters. The minimum absolute atomic E-state index is 0.112. The van der Waals surface area contributed by atoms with E-state index in [4.69, 9.17) is 0 Å². The molecular weight excluding hydrogens is 230 g/mol. The van der Waals surface area contributed by atoms with Crippen LogP contribution in [0.25, 0.3) is 0 Å². The summed E-state index contributed by atoms with van der Waals surface area (Å²) in [7, 11) is 0. The van der Waals surface area contributed by atoms with E-state index in [0.717, 1.165) is 0 Å². The summed E-state index contributed by atoms with van der Waals surface area (Å²) in [6.45, 7) is 1.88. The monoisotopic (exact) mass is 243 g/mol. The Morgan fingerprint density at radius 2 is 1.89 bits per heavy atom. The Balaban J connectivity index is 2.82. The van der Waals surface area contributed by atoms with E-state index in [1.807, 2.05) is 0 Å². The van der Waals surface area contributed by atoms with Crippen molar-refractivity contribution in [2.24, 2.45) is 0 Å². The molecule has 92 valence electrons. The van der Waals surface area contributed by atoms with Gasteiger partial charge in [0.2, 0.25) is 5.91 Å². The summed E-state index contributed by atoms with van der Waals surface area (Å²) < 4.78 is 0. The number of hydrogen-bond acceptors (Lipinski definition) is 3. The first-order chi connectivity index (χ1) is 8.69. The first kappa shape index (κ1) is 13.7. The maximum atomic E-state index is 10.8. The molecular formula is C14H13NO3. The van der Waals surface area contributed by atoms with Crippen LogP contribution in [0.15, 0.2) is 18.2 Å². The van der Waals surface area contributed by atoms with Crippen LogP contribution in [0.1, 0.15) is 39.6 Å². The third kappa shape index (κ3) is 3.87. The molecule has 4 heteroatoms. The van der Waals surface area contributed by atoms with Gasteiger partial charge in [-0.15, -0.1) is 0 Å². The molecule has 0 spiro atoms. The maximum absolute atomic E-state index is 10.8. The van der Waals surface area contributed by atoms with Crippen LogP contribution in [0.2, 0.25) is 0 Å². The van der Waals surface area contributed by atoms with Crippen LogP contribution < -0.4 is 5.32 Å². The van der Waals surface area contributed by atoms with Crippen LogP contribution in [-0.2, 0) is 4.79 Å². The molecule has 0 aliphatic carbocycles. The van der Waals surface area contributed by atoms with E-state index in [1.165, 1.54) is 6.92 Å². The Hall–Kier alpha value is -2.41. The van der Waals surface area contributed by atoms with E-state index >= 15 is 0 Å². The predicted octanol–water partition coefficient (Wildman–Crippen LogP) is 1.19. The number of nitrogens with one attached hydrogen (secondary N) is 1. The van der Waals surface area contributed by atoms with Crippen LogP contribution in [0, 0.1) is 11.8 Å². The van der Waals surface area contributed by atoms with Gasteiger partial charge in [-0.1, -0.05) is 30.0 Å². The summed E-state index contributed by atoms with van der Waals surface area (Å²) in [5.41, 5.74) is 1.23. The van der Waals surface area contributed by atoms with Crippen molar-refractivity contribution in [2.75, 3.05) is 6.54 Å².